The average molecular weight is 164 g/mol. The molecule has 0 aromatic heterocycles. The van der Waals surface area contributed by atoms with Crippen molar-refractivity contribution in [1.82, 2.24) is 0 Å². The molecule has 0 saturated carbocycles. The van der Waals surface area contributed by atoms with E-state index >= 15 is 0 Å². The quantitative estimate of drug-likeness (QED) is 0.489. The second-order valence-corrected chi connectivity index (χ2v) is 1.43. The molecular weight excluding hydrogens is 152 g/mol. The van der Waals surface area contributed by atoms with Crippen LogP contribution in [0.15, 0.2) is 12.3 Å². The molecule has 0 bridgehead atoms. The lowest BCUT2D eigenvalue weighted by Gasteiger charge is -1.90. The van der Waals surface area contributed by atoms with Gasteiger partial charge in [0.25, 0.3) is 0 Å². The highest BCUT2D eigenvalue weighted by Gasteiger charge is 1.92. The molecule has 0 aliphatic heterocycles. The molecule has 0 aliphatic rings. The summed E-state index contributed by atoms with van der Waals surface area (Å²) in [6.45, 7) is 1.36. The van der Waals surface area contributed by atoms with Gasteiger partial charge in [0.15, 0.2) is 0 Å². The molecule has 0 radical (unpaired) electrons. The van der Waals surface area contributed by atoms with Crippen LogP contribution in [0.2, 0.25) is 0 Å². The molecule has 0 unspecified atom stereocenters. The second-order valence-electron chi connectivity index (χ2n) is 1.43. The first-order chi connectivity index (χ1) is 4.31. The van der Waals surface area contributed by atoms with Crippen LogP contribution in [-0.4, -0.2) is 17.7 Å². The van der Waals surface area contributed by atoms with Gasteiger partial charge in [0, 0.05) is 0 Å². The number of carbonyl (C=O) groups is 1. The van der Waals surface area contributed by atoms with E-state index in [1.165, 1.54) is 6.26 Å². The van der Waals surface area contributed by atoms with Crippen molar-refractivity contribution < 1.29 is 14.6 Å². The number of rotatable bonds is 3. The summed E-state index contributed by atoms with van der Waals surface area (Å²) in [5.41, 5.74) is 0. The third kappa shape index (κ3) is 7.52. The first-order valence-corrected chi connectivity index (χ1v) is 2.76. The van der Waals surface area contributed by atoms with Gasteiger partial charge in [0.1, 0.15) is 6.61 Å². The maximum absolute atomic E-state index is 10.2. The molecule has 0 amide bonds. The van der Waals surface area contributed by atoms with Gasteiger partial charge in [-0.25, -0.2) is 4.79 Å². The van der Waals surface area contributed by atoms with Gasteiger partial charge in [0.05, 0.1) is 6.26 Å². The SMILES string of the molecule is CCC=COC(=O)CO.S. The summed E-state index contributed by atoms with van der Waals surface area (Å²) < 4.78 is 4.36. The van der Waals surface area contributed by atoms with Crippen LogP contribution in [0, 0.1) is 0 Å². The molecule has 0 saturated heterocycles. The average Bonchev–Trinajstić information content (AvgIpc) is 1.89. The Balaban J connectivity index is 0. The van der Waals surface area contributed by atoms with Crippen LogP contribution in [0.4, 0.5) is 0 Å². The number of hydrogen-bond donors (Lipinski definition) is 1. The summed E-state index contributed by atoms with van der Waals surface area (Å²) >= 11 is 0. The molecule has 0 aromatic rings. The van der Waals surface area contributed by atoms with Crippen LogP contribution in [0.1, 0.15) is 13.3 Å². The zero-order valence-electron chi connectivity index (χ0n) is 5.83. The Bertz CT molecular complexity index is 112. The van der Waals surface area contributed by atoms with E-state index in [2.05, 4.69) is 4.74 Å². The molecule has 0 aromatic carbocycles. The fraction of sp³-hybridized carbons (Fsp3) is 0.500. The van der Waals surface area contributed by atoms with Crippen LogP contribution < -0.4 is 0 Å². The van der Waals surface area contributed by atoms with Crippen LogP contribution in [0.3, 0.4) is 0 Å². The highest BCUT2D eigenvalue weighted by atomic mass is 32.1. The van der Waals surface area contributed by atoms with Gasteiger partial charge in [-0.05, 0) is 12.5 Å². The maximum atomic E-state index is 10.2. The van der Waals surface area contributed by atoms with Crippen LogP contribution in [0.25, 0.3) is 0 Å². The van der Waals surface area contributed by atoms with Crippen LogP contribution >= 0.6 is 13.5 Å². The third-order valence-electron chi connectivity index (χ3n) is 0.661. The summed E-state index contributed by atoms with van der Waals surface area (Å²) in [7, 11) is 0. The molecule has 0 fully saturated rings. The zero-order chi connectivity index (χ0) is 7.11. The van der Waals surface area contributed by atoms with E-state index in [4.69, 9.17) is 5.11 Å². The van der Waals surface area contributed by atoms with E-state index < -0.39 is 12.6 Å². The first kappa shape index (κ1) is 12.2. The van der Waals surface area contributed by atoms with Gasteiger partial charge < -0.3 is 9.84 Å². The molecule has 4 heteroatoms. The molecule has 0 rings (SSSR count). The summed E-state index contributed by atoms with van der Waals surface area (Å²) in [6, 6.07) is 0. The Morgan fingerprint density at radius 2 is 2.30 bits per heavy atom. The number of aliphatic hydroxyl groups excluding tert-OH is 1. The Morgan fingerprint density at radius 1 is 1.70 bits per heavy atom. The molecule has 60 valence electrons. The predicted octanol–water partition coefficient (Wildman–Crippen LogP) is 0.558. The number of hydrogen-bond acceptors (Lipinski definition) is 3. The summed E-state index contributed by atoms with van der Waals surface area (Å²) in [4.78, 5) is 10.2. The number of ether oxygens (including phenoxy) is 1. The van der Waals surface area contributed by atoms with Crippen molar-refractivity contribution in [2.45, 2.75) is 13.3 Å². The van der Waals surface area contributed by atoms with Crippen molar-refractivity contribution in [2.24, 2.45) is 0 Å². The minimum atomic E-state index is -0.625. The van der Waals surface area contributed by atoms with E-state index in [0.29, 0.717) is 0 Å². The smallest absolute Gasteiger partial charge is 0.336 e. The normalized spacial score (nSPS) is 9.00. The molecule has 0 heterocycles. The lowest BCUT2D eigenvalue weighted by molar-refractivity contribution is -0.141. The standard InChI is InChI=1S/C6H10O3.H2S/c1-2-3-4-9-6(8)5-7;/h3-4,7H,2,5H2,1H3;1H2. The Kier molecular flexibility index (Phi) is 10.4. The number of esters is 1. The molecule has 0 atom stereocenters. The van der Waals surface area contributed by atoms with Crippen molar-refractivity contribution in [2.75, 3.05) is 6.61 Å². The monoisotopic (exact) mass is 164 g/mol. The van der Waals surface area contributed by atoms with E-state index in [1.54, 1.807) is 6.08 Å². The van der Waals surface area contributed by atoms with Gasteiger partial charge in [-0.1, -0.05) is 6.92 Å². The van der Waals surface area contributed by atoms with Gasteiger partial charge >= 0.3 is 5.97 Å². The lowest BCUT2D eigenvalue weighted by Crippen LogP contribution is -2.03. The molecular formula is C6H12O3S. The summed E-state index contributed by atoms with van der Waals surface area (Å²) in [6.07, 6.45) is 3.78. The lowest BCUT2D eigenvalue weighted by atomic mass is 10.5. The number of aliphatic hydroxyl groups is 1. The fourth-order valence-electron chi connectivity index (χ4n) is 0.257. The van der Waals surface area contributed by atoms with Gasteiger partial charge in [-0.2, -0.15) is 13.5 Å². The summed E-state index contributed by atoms with van der Waals surface area (Å²) in [5.74, 6) is -0.625. The third-order valence-corrected chi connectivity index (χ3v) is 0.661. The van der Waals surface area contributed by atoms with Gasteiger partial charge in [0.2, 0.25) is 0 Å². The van der Waals surface area contributed by atoms with Crippen LogP contribution in [-0.2, 0) is 9.53 Å². The first-order valence-electron chi connectivity index (χ1n) is 2.76. The maximum Gasteiger partial charge on any atom is 0.336 e. The molecule has 0 spiro atoms. The Morgan fingerprint density at radius 3 is 2.70 bits per heavy atom. The second kappa shape index (κ2) is 8.52. The van der Waals surface area contributed by atoms with Crippen molar-refractivity contribution in [3.63, 3.8) is 0 Å². The minimum absolute atomic E-state index is 0. The number of carbonyl (C=O) groups excluding carboxylic acids is 1. The fourth-order valence-corrected chi connectivity index (χ4v) is 0.257. The largest absolute Gasteiger partial charge is 0.433 e. The number of allylic oxidation sites excluding steroid dienone is 1. The Labute approximate surface area is 67.1 Å². The zero-order valence-corrected chi connectivity index (χ0v) is 6.83. The topological polar surface area (TPSA) is 46.5 Å². The Hall–Kier alpha value is -0.480. The van der Waals surface area contributed by atoms with E-state index in [-0.39, 0.29) is 13.5 Å². The highest BCUT2D eigenvalue weighted by Crippen LogP contribution is 1.82. The van der Waals surface area contributed by atoms with Crippen LogP contribution in [0.5, 0.6) is 0 Å². The van der Waals surface area contributed by atoms with E-state index in [9.17, 15) is 4.79 Å². The minimum Gasteiger partial charge on any atom is -0.433 e. The molecule has 3 nitrogen and oxygen atoms in total. The van der Waals surface area contributed by atoms with Gasteiger partial charge in [-0.15, -0.1) is 0 Å². The van der Waals surface area contributed by atoms with E-state index in [1.807, 2.05) is 6.92 Å². The van der Waals surface area contributed by atoms with Crippen molar-refractivity contribution in [3.05, 3.63) is 12.3 Å². The summed E-state index contributed by atoms with van der Waals surface area (Å²) in [5, 5.41) is 8.13. The predicted molar refractivity (Wildman–Crippen MR) is 43.0 cm³/mol. The molecule has 1 N–H and O–H groups in total. The van der Waals surface area contributed by atoms with Crippen molar-refractivity contribution in [1.29, 1.82) is 0 Å². The highest BCUT2D eigenvalue weighted by molar-refractivity contribution is 7.59. The van der Waals surface area contributed by atoms with Crippen molar-refractivity contribution >= 4 is 19.5 Å². The van der Waals surface area contributed by atoms with Crippen molar-refractivity contribution in [3.8, 4) is 0 Å². The molecule has 0 aliphatic carbocycles. The van der Waals surface area contributed by atoms with Gasteiger partial charge in [-0.3, -0.25) is 0 Å². The van der Waals surface area contributed by atoms with E-state index in [0.717, 1.165) is 6.42 Å². The molecule has 10 heavy (non-hydrogen) atoms.